The number of fused-ring (bicyclic) bond motifs is 3. The third kappa shape index (κ3) is 2.85. The van der Waals surface area contributed by atoms with Crippen molar-refractivity contribution in [2.75, 3.05) is 0 Å². The Kier molecular flexibility index (Phi) is 3.88. The van der Waals surface area contributed by atoms with Gasteiger partial charge in [0.25, 0.3) is 5.92 Å². The summed E-state index contributed by atoms with van der Waals surface area (Å²) in [6, 6.07) is 5.92. The fourth-order valence-electron chi connectivity index (χ4n) is 4.23. The van der Waals surface area contributed by atoms with Crippen molar-refractivity contribution in [2.45, 2.75) is 44.6 Å². The van der Waals surface area contributed by atoms with Crippen LogP contribution in [0.15, 0.2) is 35.0 Å². The Morgan fingerprint density at radius 3 is 2.86 bits per heavy atom. The number of halogens is 2. The molecule has 5 rings (SSSR count). The van der Waals surface area contributed by atoms with Gasteiger partial charge in [-0.1, -0.05) is 11.2 Å². The molecule has 1 aliphatic rings. The summed E-state index contributed by atoms with van der Waals surface area (Å²) >= 11 is 0. The van der Waals surface area contributed by atoms with E-state index in [0.717, 1.165) is 0 Å². The Hall–Kier alpha value is -3.34. The molecule has 0 spiro atoms. The van der Waals surface area contributed by atoms with Crippen LogP contribution in [-0.4, -0.2) is 25.6 Å². The molecule has 0 aliphatic heterocycles. The van der Waals surface area contributed by atoms with Crippen LogP contribution in [0, 0.1) is 13.5 Å². The molecule has 146 valence electrons. The number of benzene rings is 1. The molecule has 0 saturated heterocycles. The number of aromatic nitrogens is 4. The second-order valence-corrected chi connectivity index (χ2v) is 7.48. The predicted octanol–water partition coefficient (Wildman–Crippen LogP) is 5.38. The lowest BCUT2D eigenvalue weighted by Gasteiger charge is -2.23. The molecule has 1 saturated carbocycles. The molecule has 0 amide bonds. The highest BCUT2D eigenvalue weighted by Crippen LogP contribution is 2.46. The molecule has 1 aliphatic carbocycles. The van der Waals surface area contributed by atoms with Gasteiger partial charge in [-0.3, -0.25) is 4.98 Å². The monoisotopic (exact) mass is 393 g/mol. The quantitative estimate of drug-likeness (QED) is 0.438. The molecule has 0 N–H and O–H groups in total. The number of hydrogen-bond acceptors (Lipinski definition) is 4. The van der Waals surface area contributed by atoms with E-state index in [2.05, 4.69) is 20.0 Å². The average Bonchev–Trinajstić information content (AvgIpc) is 3.37. The number of rotatable bonds is 3. The standard InChI is InChI=1S/C21H17F2N5O/c1-12-8-14(27-29-12)10-19-26-17-11-25-16-6-5-13(24-2)9-15(16)20(17)28(19)18-4-3-7-21(18,22)23/h5-6,8-9,11,18H,3-4,7,10H2,1H3. The molecule has 1 atom stereocenters. The molecule has 3 aromatic heterocycles. The molecular formula is C21H17F2N5O. The highest BCUT2D eigenvalue weighted by atomic mass is 19.3. The first-order chi connectivity index (χ1) is 14.0. The maximum Gasteiger partial charge on any atom is 0.268 e. The minimum atomic E-state index is -2.82. The van der Waals surface area contributed by atoms with E-state index >= 15 is 0 Å². The summed E-state index contributed by atoms with van der Waals surface area (Å²) in [5.74, 6) is -1.67. The van der Waals surface area contributed by atoms with Crippen molar-refractivity contribution in [1.82, 2.24) is 19.7 Å². The summed E-state index contributed by atoms with van der Waals surface area (Å²) < 4.78 is 36.4. The molecule has 3 heterocycles. The first-order valence-corrected chi connectivity index (χ1v) is 9.43. The van der Waals surface area contributed by atoms with E-state index < -0.39 is 12.0 Å². The highest BCUT2D eigenvalue weighted by Gasteiger charge is 2.46. The fourth-order valence-corrected chi connectivity index (χ4v) is 4.23. The summed E-state index contributed by atoms with van der Waals surface area (Å²) in [5, 5.41) is 4.66. The Morgan fingerprint density at radius 1 is 1.31 bits per heavy atom. The van der Waals surface area contributed by atoms with Crippen LogP contribution in [-0.2, 0) is 6.42 Å². The Labute approximate surface area is 165 Å². The predicted molar refractivity (Wildman–Crippen MR) is 103 cm³/mol. The van der Waals surface area contributed by atoms with Gasteiger partial charge in [0.15, 0.2) is 5.69 Å². The third-order valence-corrected chi connectivity index (χ3v) is 5.50. The molecule has 0 bridgehead atoms. The van der Waals surface area contributed by atoms with Gasteiger partial charge in [-0.25, -0.2) is 18.6 Å². The summed E-state index contributed by atoms with van der Waals surface area (Å²) in [6.45, 7) is 9.10. The van der Waals surface area contributed by atoms with E-state index in [1.165, 1.54) is 0 Å². The summed E-state index contributed by atoms with van der Waals surface area (Å²) in [7, 11) is 0. The maximum atomic E-state index is 14.8. The lowest BCUT2D eigenvalue weighted by molar-refractivity contribution is -0.0301. The van der Waals surface area contributed by atoms with Gasteiger partial charge in [-0.2, -0.15) is 0 Å². The van der Waals surface area contributed by atoms with Gasteiger partial charge < -0.3 is 9.09 Å². The van der Waals surface area contributed by atoms with Crippen molar-refractivity contribution in [3.63, 3.8) is 0 Å². The molecular weight excluding hydrogens is 376 g/mol. The topological polar surface area (TPSA) is 61.1 Å². The summed E-state index contributed by atoms with van der Waals surface area (Å²) in [5.41, 5.74) is 2.86. The van der Waals surface area contributed by atoms with Crippen molar-refractivity contribution in [2.24, 2.45) is 0 Å². The molecule has 0 radical (unpaired) electrons. The first kappa shape index (κ1) is 17.7. The van der Waals surface area contributed by atoms with E-state index in [1.54, 1.807) is 42.0 Å². The van der Waals surface area contributed by atoms with Crippen LogP contribution >= 0.6 is 0 Å². The van der Waals surface area contributed by atoms with Crippen molar-refractivity contribution in [3.8, 4) is 0 Å². The second-order valence-electron chi connectivity index (χ2n) is 7.48. The van der Waals surface area contributed by atoms with Gasteiger partial charge in [0, 0.05) is 17.9 Å². The molecule has 4 aromatic rings. The largest absolute Gasteiger partial charge is 0.361 e. The highest BCUT2D eigenvalue weighted by molar-refractivity contribution is 6.03. The third-order valence-electron chi connectivity index (χ3n) is 5.50. The molecule has 29 heavy (non-hydrogen) atoms. The van der Waals surface area contributed by atoms with Crippen molar-refractivity contribution in [3.05, 3.63) is 59.2 Å². The zero-order valence-corrected chi connectivity index (χ0v) is 15.7. The maximum absolute atomic E-state index is 14.8. The number of hydrogen-bond donors (Lipinski definition) is 0. The van der Waals surface area contributed by atoms with Crippen LogP contribution in [0.3, 0.4) is 0 Å². The zero-order valence-electron chi connectivity index (χ0n) is 15.7. The first-order valence-electron chi connectivity index (χ1n) is 9.43. The van der Waals surface area contributed by atoms with Gasteiger partial charge in [-0.15, -0.1) is 0 Å². The molecule has 6 nitrogen and oxygen atoms in total. The zero-order chi connectivity index (χ0) is 20.2. The summed E-state index contributed by atoms with van der Waals surface area (Å²) in [4.78, 5) is 12.5. The molecule has 8 heteroatoms. The van der Waals surface area contributed by atoms with E-state index in [4.69, 9.17) is 11.1 Å². The number of nitrogens with zero attached hydrogens (tertiary/aromatic N) is 5. The van der Waals surface area contributed by atoms with Crippen LogP contribution in [0.4, 0.5) is 14.5 Å². The van der Waals surface area contributed by atoms with Crippen molar-refractivity contribution >= 4 is 27.6 Å². The van der Waals surface area contributed by atoms with Crippen LogP contribution in [0.5, 0.6) is 0 Å². The summed E-state index contributed by atoms with van der Waals surface area (Å²) in [6.07, 6.45) is 2.57. The average molecular weight is 393 g/mol. The van der Waals surface area contributed by atoms with Crippen LogP contribution in [0.1, 0.15) is 42.6 Å². The smallest absolute Gasteiger partial charge is 0.268 e. The van der Waals surface area contributed by atoms with Crippen molar-refractivity contribution < 1.29 is 13.3 Å². The number of alkyl halides is 2. The Bertz CT molecular complexity index is 1280. The van der Waals surface area contributed by atoms with Gasteiger partial charge in [-0.05, 0) is 31.9 Å². The lowest BCUT2D eigenvalue weighted by Crippen LogP contribution is -2.26. The molecule has 1 fully saturated rings. The SMILES string of the molecule is [C-]#[N+]c1ccc2ncc3nc(Cc4cc(C)on4)n(C4CCCC4(F)F)c3c2c1. The van der Waals surface area contributed by atoms with Crippen LogP contribution in [0.25, 0.3) is 26.8 Å². The number of imidazole rings is 1. The number of pyridine rings is 1. The fraction of sp³-hybridized carbons (Fsp3) is 0.333. The van der Waals surface area contributed by atoms with Crippen LogP contribution < -0.4 is 0 Å². The van der Waals surface area contributed by atoms with Gasteiger partial charge in [0.05, 0.1) is 42.0 Å². The van der Waals surface area contributed by atoms with Gasteiger partial charge in [0.1, 0.15) is 17.1 Å². The van der Waals surface area contributed by atoms with Crippen molar-refractivity contribution in [1.29, 1.82) is 0 Å². The van der Waals surface area contributed by atoms with E-state index in [1.807, 2.05) is 0 Å². The Morgan fingerprint density at radius 2 is 2.17 bits per heavy atom. The Balaban J connectivity index is 1.81. The minimum Gasteiger partial charge on any atom is -0.361 e. The number of aryl methyl sites for hydroxylation is 1. The van der Waals surface area contributed by atoms with E-state index in [0.29, 0.717) is 57.7 Å². The second kappa shape index (κ2) is 6.34. The van der Waals surface area contributed by atoms with Crippen LogP contribution in [0.2, 0.25) is 0 Å². The van der Waals surface area contributed by atoms with E-state index in [9.17, 15) is 8.78 Å². The normalized spacial score (nSPS) is 18.5. The van der Waals surface area contributed by atoms with E-state index in [-0.39, 0.29) is 12.8 Å². The van der Waals surface area contributed by atoms with Gasteiger partial charge in [0.2, 0.25) is 0 Å². The van der Waals surface area contributed by atoms with Gasteiger partial charge >= 0.3 is 0 Å². The lowest BCUT2D eigenvalue weighted by atomic mass is 10.1. The minimum absolute atomic E-state index is 0.143. The molecule has 1 unspecified atom stereocenters. The molecule has 1 aromatic carbocycles.